The van der Waals surface area contributed by atoms with Gasteiger partial charge in [0, 0.05) is 0 Å². The molecule has 0 bridgehead atoms. The molecule has 0 fully saturated rings. The first kappa shape index (κ1) is 20.9. The molecule has 0 aliphatic carbocycles. The summed E-state index contributed by atoms with van der Waals surface area (Å²) in [6.07, 6.45) is 10.1. The van der Waals surface area contributed by atoms with Gasteiger partial charge in [0.1, 0.15) is 0 Å². The molecule has 2 atom stereocenters. The zero-order valence-electron chi connectivity index (χ0n) is 15.5. The van der Waals surface area contributed by atoms with Gasteiger partial charge < -0.3 is 9.47 Å². The first-order valence-corrected chi connectivity index (χ1v) is 9.26. The first-order valence-electron chi connectivity index (χ1n) is 9.26. The van der Waals surface area contributed by atoms with E-state index in [0.29, 0.717) is 11.8 Å². The standard InChI is InChI=1S/C19H40O2/c1-7-11-13-17(9-3)15-20-19(5,6)21-16-18(10-4)14-12-8-2/h17-18H,7-16H2,1-6H3. The molecular weight excluding hydrogens is 260 g/mol. The summed E-state index contributed by atoms with van der Waals surface area (Å²) in [6, 6.07) is 0. The van der Waals surface area contributed by atoms with Gasteiger partial charge in [-0.3, -0.25) is 0 Å². The van der Waals surface area contributed by atoms with Crippen molar-refractivity contribution in [2.24, 2.45) is 11.8 Å². The molecule has 0 radical (unpaired) electrons. The molecule has 0 saturated heterocycles. The molecule has 0 heterocycles. The molecule has 21 heavy (non-hydrogen) atoms. The fourth-order valence-corrected chi connectivity index (χ4v) is 2.47. The highest BCUT2D eigenvalue weighted by molar-refractivity contribution is 4.63. The number of hydrogen-bond donors (Lipinski definition) is 0. The first-order chi connectivity index (χ1) is 9.99. The van der Waals surface area contributed by atoms with Crippen molar-refractivity contribution >= 4 is 0 Å². The highest BCUT2D eigenvalue weighted by atomic mass is 16.7. The monoisotopic (exact) mass is 300 g/mol. The number of hydrogen-bond acceptors (Lipinski definition) is 2. The van der Waals surface area contributed by atoms with Gasteiger partial charge in [-0.2, -0.15) is 0 Å². The van der Waals surface area contributed by atoms with Gasteiger partial charge in [-0.25, -0.2) is 0 Å². The summed E-state index contributed by atoms with van der Waals surface area (Å²) in [5.41, 5.74) is 0. The van der Waals surface area contributed by atoms with Gasteiger partial charge in [-0.1, -0.05) is 66.2 Å². The van der Waals surface area contributed by atoms with Crippen molar-refractivity contribution in [2.45, 2.75) is 98.7 Å². The summed E-state index contributed by atoms with van der Waals surface area (Å²) in [4.78, 5) is 0. The predicted octanol–water partition coefficient (Wildman–Crippen LogP) is 6.19. The Balaban J connectivity index is 4.04. The number of ether oxygens (including phenoxy) is 2. The van der Waals surface area contributed by atoms with Crippen LogP contribution in [0.15, 0.2) is 0 Å². The molecule has 0 aliphatic heterocycles. The second-order valence-electron chi connectivity index (χ2n) is 6.85. The third kappa shape index (κ3) is 11.2. The minimum Gasteiger partial charge on any atom is -0.350 e. The maximum atomic E-state index is 6.06. The zero-order valence-corrected chi connectivity index (χ0v) is 15.5. The molecule has 0 saturated carbocycles. The number of rotatable bonds is 14. The second-order valence-corrected chi connectivity index (χ2v) is 6.85. The molecule has 2 heteroatoms. The Morgan fingerprint density at radius 1 is 0.714 bits per heavy atom. The Kier molecular flexibility index (Phi) is 12.4. The Morgan fingerprint density at radius 2 is 1.10 bits per heavy atom. The molecular formula is C19H40O2. The van der Waals surface area contributed by atoms with E-state index < -0.39 is 5.79 Å². The van der Waals surface area contributed by atoms with Gasteiger partial charge >= 0.3 is 0 Å². The van der Waals surface area contributed by atoms with Crippen LogP contribution in [0.1, 0.15) is 92.9 Å². The lowest BCUT2D eigenvalue weighted by Crippen LogP contribution is -2.32. The fourth-order valence-electron chi connectivity index (χ4n) is 2.47. The molecule has 0 aromatic carbocycles. The summed E-state index contributed by atoms with van der Waals surface area (Å²) >= 11 is 0. The van der Waals surface area contributed by atoms with Crippen LogP contribution >= 0.6 is 0 Å². The molecule has 0 spiro atoms. The minimum absolute atomic E-state index is 0.445. The van der Waals surface area contributed by atoms with Gasteiger partial charge in [0.25, 0.3) is 0 Å². The third-order valence-corrected chi connectivity index (χ3v) is 4.42. The quantitative estimate of drug-likeness (QED) is 0.356. The minimum atomic E-state index is -0.445. The second kappa shape index (κ2) is 12.5. The lowest BCUT2D eigenvalue weighted by atomic mass is 10.00. The molecule has 128 valence electrons. The van der Waals surface area contributed by atoms with Crippen LogP contribution in [0, 0.1) is 11.8 Å². The van der Waals surface area contributed by atoms with Crippen molar-refractivity contribution in [1.29, 1.82) is 0 Å². The Bertz CT molecular complexity index is 204. The van der Waals surface area contributed by atoms with E-state index in [1.54, 1.807) is 0 Å². The molecule has 0 aromatic rings. The Labute approximate surface area is 134 Å². The van der Waals surface area contributed by atoms with E-state index in [0.717, 1.165) is 13.2 Å². The van der Waals surface area contributed by atoms with E-state index >= 15 is 0 Å². The largest absolute Gasteiger partial charge is 0.350 e. The third-order valence-electron chi connectivity index (χ3n) is 4.42. The highest BCUT2D eigenvalue weighted by Crippen LogP contribution is 2.21. The van der Waals surface area contributed by atoms with Gasteiger partial charge in [0.15, 0.2) is 5.79 Å². The molecule has 0 amide bonds. The van der Waals surface area contributed by atoms with Crippen LogP contribution in [0.5, 0.6) is 0 Å². The normalized spacial score (nSPS) is 15.1. The summed E-state index contributed by atoms with van der Waals surface area (Å²) in [7, 11) is 0. The zero-order chi connectivity index (χ0) is 16.1. The maximum Gasteiger partial charge on any atom is 0.162 e. The van der Waals surface area contributed by atoms with Crippen LogP contribution < -0.4 is 0 Å². The molecule has 2 nitrogen and oxygen atoms in total. The average Bonchev–Trinajstić information content (AvgIpc) is 2.47. The molecule has 0 N–H and O–H groups in total. The van der Waals surface area contributed by atoms with E-state index in [2.05, 4.69) is 41.5 Å². The van der Waals surface area contributed by atoms with Crippen molar-refractivity contribution in [3.05, 3.63) is 0 Å². The van der Waals surface area contributed by atoms with Gasteiger partial charge in [0.05, 0.1) is 13.2 Å². The van der Waals surface area contributed by atoms with E-state index in [1.807, 2.05) is 0 Å². The van der Waals surface area contributed by atoms with Crippen LogP contribution in [-0.4, -0.2) is 19.0 Å². The van der Waals surface area contributed by atoms with E-state index in [1.165, 1.54) is 51.4 Å². The van der Waals surface area contributed by atoms with Gasteiger partial charge in [-0.05, 0) is 38.5 Å². The van der Waals surface area contributed by atoms with Crippen LogP contribution in [0.3, 0.4) is 0 Å². The summed E-state index contributed by atoms with van der Waals surface area (Å²) in [6.45, 7) is 14.8. The molecule has 0 aromatic heterocycles. The Hall–Kier alpha value is -0.0800. The highest BCUT2D eigenvalue weighted by Gasteiger charge is 2.22. The average molecular weight is 301 g/mol. The summed E-state index contributed by atoms with van der Waals surface area (Å²) in [5.74, 6) is 0.906. The van der Waals surface area contributed by atoms with Crippen molar-refractivity contribution in [2.75, 3.05) is 13.2 Å². The van der Waals surface area contributed by atoms with E-state index in [-0.39, 0.29) is 0 Å². The van der Waals surface area contributed by atoms with Crippen LogP contribution in [0.2, 0.25) is 0 Å². The van der Waals surface area contributed by atoms with Crippen molar-refractivity contribution in [3.63, 3.8) is 0 Å². The Morgan fingerprint density at radius 3 is 1.38 bits per heavy atom. The lowest BCUT2D eigenvalue weighted by Gasteiger charge is -2.30. The lowest BCUT2D eigenvalue weighted by molar-refractivity contribution is -0.225. The molecule has 2 unspecified atom stereocenters. The molecule has 0 rings (SSSR count). The van der Waals surface area contributed by atoms with Crippen LogP contribution in [0.4, 0.5) is 0 Å². The predicted molar refractivity (Wildman–Crippen MR) is 92.6 cm³/mol. The van der Waals surface area contributed by atoms with E-state index in [4.69, 9.17) is 9.47 Å². The van der Waals surface area contributed by atoms with Crippen molar-refractivity contribution < 1.29 is 9.47 Å². The smallest absolute Gasteiger partial charge is 0.162 e. The van der Waals surface area contributed by atoms with Crippen molar-refractivity contribution in [3.8, 4) is 0 Å². The van der Waals surface area contributed by atoms with Crippen LogP contribution in [-0.2, 0) is 9.47 Å². The van der Waals surface area contributed by atoms with Gasteiger partial charge in [-0.15, -0.1) is 0 Å². The van der Waals surface area contributed by atoms with Gasteiger partial charge in [0.2, 0.25) is 0 Å². The van der Waals surface area contributed by atoms with Crippen LogP contribution in [0.25, 0.3) is 0 Å². The van der Waals surface area contributed by atoms with E-state index in [9.17, 15) is 0 Å². The summed E-state index contributed by atoms with van der Waals surface area (Å²) < 4.78 is 12.1. The fraction of sp³-hybridized carbons (Fsp3) is 1.00. The topological polar surface area (TPSA) is 18.5 Å². The molecule has 0 aliphatic rings. The number of unbranched alkanes of at least 4 members (excludes halogenated alkanes) is 2. The summed E-state index contributed by atoms with van der Waals surface area (Å²) in [5, 5.41) is 0. The maximum absolute atomic E-state index is 6.06. The van der Waals surface area contributed by atoms with Crippen molar-refractivity contribution in [1.82, 2.24) is 0 Å². The SMILES string of the molecule is CCCCC(CC)COC(C)(C)OCC(CC)CCCC.